The molecule has 0 saturated carbocycles. The average Bonchev–Trinajstić information content (AvgIpc) is 2.36. The van der Waals surface area contributed by atoms with Gasteiger partial charge in [0.25, 0.3) is 10.0 Å². The molecule has 0 spiro atoms. The lowest BCUT2D eigenvalue weighted by Crippen LogP contribution is -2.17. The predicted molar refractivity (Wildman–Crippen MR) is 82.3 cm³/mol. The maximum Gasteiger partial charge on any atom is 0.262 e. The first-order valence-electron chi connectivity index (χ1n) is 6.27. The quantitative estimate of drug-likeness (QED) is 0.854. The molecule has 0 atom stereocenters. The van der Waals surface area contributed by atoms with E-state index < -0.39 is 10.0 Å². The van der Waals surface area contributed by atoms with Crippen LogP contribution < -0.4 is 10.5 Å². The molecular formula is C15H18N2O2S. The maximum atomic E-state index is 12.5. The summed E-state index contributed by atoms with van der Waals surface area (Å²) in [5.41, 5.74) is 9.17. The van der Waals surface area contributed by atoms with Gasteiger partial charge in [0.1, 0.15) is 0 Å². The summed E-state index contributed by atoms with van der Waals surface area (Å²) >= 11 is 0. The summed E-state index contributed by atoms with van der Waals surface area (Å²) in [6, 6.07) is 10.6. The second kappa shape index (κ2) is 5.17. The largest absolute Gasteiger partial charge is 0.398 e. The Morgan fingerprint density at radius 3 is 2.20 bits per heavy atom. The minimum absolute atomic E-state index is 0.254. The molecule has 0 aliphatic heterocycles. The highest BCUT2D eigenvalue weighted by molar-refractivity contribution is 7.92. The zero-order valence-corrected chi connectivity index (χ0v) is 12.6. The van der Waals surface area contributed by atoms with E-state index in [-0.39, 0.29) is 4.90 Å². The Hall–Kier alpha value is -2.01. The number of hydrogen-bond acceptors (Lipinski definition) is 3. The van der Waals surface area contributed by atoms with E-state index in [1.54, 1.807) is 44.2 Å². The Morgan fingerprint density at radius 1 is 1.00 bits per heavy atom. The molecule has 5 heteroatoms. The van der Waals surface area contributed by atoms with Gasteiger partial charge in [-0.3, -0.25) is 4.72 Å². The molecule has 106 valence electrons. The third-order valence-electron chi connectivity index (χ3n) is 3.26. The Morgan fingerprint density at radius 2 is 1.60 bits per heavy atom. The van der Waals surface area contributed by atoms with Gasteiger partial charge in [-0.05, 0) is 49.6 Å². The SMILES string of the molecule is Cc1cc(C)c(S(=O)(=O)Nc2ccccc2)c(C)c1N. The summed E-state index contributed by atoms with van der Waals surface area (Å²) in [6.07, 6.45) is 0. The summed E-state index contributed by atoms with van der Waals surface area (Å²) in [5, 5.41) is 0. The van der Waals surface area contributed by atoms with Crippen molar-refractivity contribution in [3.05, 3.63) is 53.1 Å². The van der Waals surface area contributed by atoms with Gasteiger partial charge in [-0.2, -0.15) is 0 Å². The summed E-state index contributed by atoms with van der Waals surface area (Å²) in [7, 11) is -3.64. The molecule has 0 aliphatic carbocycles. The van der Waals surface area contributed by atoms with Gasteiger partial charge in [-0.25, -0.2) is 8.42 Å². The molecule has 2 aromatic rings. The van der Waals surface area contributed by atoms with Crippen molar-refractivity contribution in [1.82, 2.24) is 0 Å². The van der Waals surface area contributed by atoms with E-state index >= 15 is 0 Å². The van der Waals surface area contributed by atoms with Crippen molar-refractivity contribution >= 4 is 21.4 Å². The van der Waals surface area contributed by atoms with Crippen LogP contribution in [0.2, 0.25) is 0 Å². The van der Waals surface area contributed by atoms with Crippen LogP contribution in [0.15, 0.2) is 41.3 Å². The number of para-hydroxylation sites is 1. The fourth-order valence-electron chi connectivity index (χ4n) is 2.31. The van der Waals surface area contributed by atoms with Crippen LogP contribution in [0.4, 0.5) is 11.4 Å². The van der Waals surface area contributed by atoms with E-state index in [4.69, 9.17) is 5.73 Å². The van der Waals surface area contributed by atoms with Gasteiger partial charge in [0, 0.05) is 11.4 Å². The minimum Gasteiger partial charge on any atom is -0.398 e. The molecule has 0 aliphatic rings. The Kier molecular flexibility index (Phi) is 3.72. The first kappa shape index (κ1) is 14.4. The van der Waals surface area contributed by atoms with Crippen molar-refractivity contribution < 1.29 is 8.42 Å². The summed E-state index contributed by atoms with van der Waals surface area (Å²) in [5.74, 6) is 0. The third-order valence-corrected chi connectivity index (χ3v) is 4.93. The standard InChI is InChI=1S/C15H18N2O2S/c1-10-9-11(2)15(12(3)14(10)16)20(18,19)17-13-7-5-4-6-8-13/h4-9,17H,16H2,1-3H3. The van der Waals surface area contributed by atoms with Crippen LogP contribution in [-0.4, -0.2) is 8.42 Å². The molecule has 4 nitrogen and oxygen atoms in total. The topological polar surface area (TPSA) is 72.2 Å². The number of hydrogen-bond donors (Lipinski definition) is 2. The molecule has 0 saturated heterocycles. The molecule has 0 bridgehead atoms. The van der Waals surface area contributed by atoms with Crippen LogP contribution in [0.25, 0.3) is 0 Å². The Bertz CT molecular complexity index is 738. The van der Waals surface area contributed by atoms with Crippen LogP contribution in [-0.2, 0) is 10.0 Å². The normalized spacial score (nSPS) is 11.3. The molecule has 0 heterocycles. The number of nitrogens with two attached hydrogens (primary N) is 1. The molecule has 0 fully saturated rings. The zero-order valence-electron chi connectivity index (χ0n) is 11.8. The second-order valence-electron chi connectivity index (χ2n) is 4.85. The molecule has 0 unspecified atom stereocenters. The lowest BCUT2D eigenvalue weighted by Gasteiger charge is -2.16. The van der Waals surface area contributed by atoms with Crippen molar-refractivity contribution in [1.29, 1.82) is 0 Å². The smallest absolute Gasteiger partial charge is 0.262 e. The van der Waals surface area contributed by atoms with Crippen molar-refractivity contribution in [3.63, 3.8) is 0 Å². The molecule has 3 N–H and O–H groups in total. The van der Waals surface area contributed by atoms with Gasteiger partial charge in [0.15, 0.2) is 0 Å². The molecule has 0 amide bonds. The molecule has 0 aromatic heterocycles. The van der Waals surface area contributed by atoms with Crippen LogP contribution in [0.3, 0.4) is 0 Å². The highest BCUT2D eigenvalue weighted by Gasteiger charge is 2.22. The van der Waals surface area contributed by atoms with Gasteiger partial charge < -0.3 is 5.73 Å². The van der Waals surface area contributed by atoms with E-state index in [1.165, 1.54) is 0 Å². The first-order valence-corrected chi connectivity index (χ1v) is 7.75. The minimum atomic E-state index is -3.64. The fourth-order valence-corrected chi connectivity index (χ4v) is 3.85. The van der Waals surface area contributed by atoms with Crippen LogP contribution in [0, 0.1) is 20.8 Å². The number of benzene rings is 2. The summed E-state index contributed by atoms with van der Waals surface area (Å²) < 4.78 is 27.7. The molecule has 2 rings (SSSR count). The van der Waals surface area contributed by atoms with Crippen LogP contribution in [0.1, 0.15) is 16.7 Å². The number of rotatable bonds is 3. The molecule has 0 radical (unpaired) electrons. The van der Waals surface area contributed by atoms with Gasteiger partial charge >= 0.3 is 0 Å². The van der Waals surface area contributed by atoms with E-state index in [9.17, 15) is 8.42 Å². The predicted octanol–water partition coefficient (Wildman–Crippen LogP) is 2.99. The highest BCUT2D eigenvalue weighted by atomic mass is 32.2. The molecular weight excluding hydrogens is 272 g/mol. The third kappa shape index (κ3) is 2.63. The van der Waals surface area contributed by atoms with Crippen molar-refractivity contribution in [2.75, 3.05) is 10.5 Å². The lowest BCUT2D eigenvalue weighted by molar-refractivity contribution is 0.600. The number of aryl methyl sites for hydroxylation is 2. The van der Waals surface area contributed by atoms with Gasteiger partial charge in [-0.15, -0.1) is 0 Å². The first-order chi connectivity index (χ1) is 9.33. The zero-order chi connectivity index (χ0) is 14.9. The number of anilines is 2. The van der Waals surface area contributed by atoms with E-state index in [0.29, 0.717) is 22.5 Å². The van der Waals surface area contributed by atoms with Gasteiger partial charge in [-0.1, -0.05) is 24.3 Å². The number of nitrogens with one attached hydrogen (secondary N) is 1. The fraction of sp³-hybridized carbons (Fsp3) is 0.200. The number of sulfonamides is 1. The molecule has 2 aromatic carbocycles. The van der Waals surface area contributed by atoms with E-state index in [0.717, 1.165) is 5.56 Å². The highest BCUT2D eigenvalue weighted by Crippen LogP contribution is 2.29. The van der Waals surface area contributed by atoms with Crippen molar-refractivity contribution in [3.8, 4) is 0 Å². The van der Waals surface area contributed by atoms with Gasteiger partial charge in [0.05, 0.1) is 4.90 Å². The molecule has 20 heavy (non-hydrogen) atoms. The van der Waals surface area contributed by atoms with Crippen molar-refractivity contribution in [2.45, 2.75) is 25.7 Å². The van der Waals surface area contributed by atoms with Gasteiger partial charge in [0.2, 0.25) is 0 Å². The van der Waals surface area contributed by atoms with Crippen LogP contribution in [0.5, 0.6) is 0 Å². The average molecular weight is 290 g/mol. The van der Waals surface area contributed by atoms with Crippen molar-refractivity contribution in [2.24, 2.45) is 0 Å². The lowest BCUT2D eigenvalue weighted by atomic mass is 10.1. The monoisotopic (exact) mass is 290 g/mol. The summed E-state index contributed by atoms with van der Waals surface area (Å²) in [4.78, 5) is 0.254. The van der Waals surface area contributed by atoms with Crippen LogP contribution >= 0.6 is 0 Å². The Balaban J connectivity index is 2.53. The summed E-state index contributed by atoms with van der Waals surface area (Å²) in [6.45, 7) is 5.38. The number of nitrogen functional groups attached to an aromatic ring is 1. The Labute approximate surface area is 119 Å². The van der Waals surface area contributed by atoms with E-state index in [2.05, 4.69) is 4.72 Å². The van der Waals surface area contributed by atoms with E-state index in [1.807, 2.05) is 13.0 Å². The second-order valence-corrected chi connectivity index (χ2v) is 6.47. The maximum absolute atomic E-state index is 12.5.